The third-order valence-corrected chi connectivity index (χ3v) is 19.9. The van der Waals surface area contributed by atoms with Crippen LogP contribution in [0, 0.1) is 0 Å². The van der Waals surface area contributed by atoms with Crippen molar-refractivity contribution in [2.24, 2.45) is 0 Å². The maximum absolute atomic E-state index is 7.33. The Kier molecular flexibility index (Phi) is 13.5. The van der Waals surface area contributed by atoms with Crippen molar-refractivity contribution in [1.29, 1.82) is 0 Å². The van der Waals surface area contributed by atoms with Crippen LogP contribution in [-0.4, -0.2) is 0 Å². The number of hydrogen-bond donors (Lipinski definition) is 0. The van der Waals surface area contributed by atoms with Crippen LogP contribution in [0.1, 0.15) is 99.9 Å². The molecule has 15 aromatic rings. The van der Waals surface area contributed by atoms with E-state index in [4.69, 9.17) is 8.83 Å². The van der Waals surface area contributed by atoms with Crippen molar-refractivity contribution in [3.63, 3.8) is 0 Å². The highest BCUT2D eigenvalue weighted by Crippen LogP contribution is 2.51. The highest BCUT2D eigenvalue weighted by molar-refractivity contribution is 6.30. The van der Waals surface area contributed by atoms with Gasteiger partial charge in [0.1, 0.15) is 11.2 Å². The predicted octanol–water partition coefficient (Wildman–Crippen LogP) is 24.0. The zero-order valence-corrected chi connectivity index (χ0v) is 52.4. The topological polar surface area (TPSA) is 32.8 Å². The summed E-state index contributed by atoms with van der Waals surface area (Å²) in [7, 11) is 0. The minimum absolute atomic E-state index is 0.204. The SMILES string of the molecule is CC(C)(c1ccccc1)c1ccc(N(c2ccc(C(C)(C)c3ccccc3)cc2)c2cc3oc4c(ccc5c4oc4cc(N(c6ccc(C(C)(C)c7ccccc7)cc6)c6ccc(C(C)(C)c7ccccc7)cc6)c6ccccc6c45)c3c3ccccc23)cc1. The number of hydrogen-bond acceptors (Lipinski definition) is 4. The fraction of sp³-hybridized carbons (Fsp3) is 0.140. The molecule has 438 valence electrons. The van der Waals surface area contributed by atoms with E-state index in [1.165, 1.54) is 44.5 Å². The van der Waals surface area contributed by atoms with Gasteiger partial charge < -0.3 is 18.6 Å². The molecule has 0 N–H and O–H groups in total. The van der Waals surface area contributed by atoms with Crippen molar-refractivity contribution in [3.05, 3.63) is 336 Å². The molecule has 0 aliphatic carbocycles. The Morgan fingerprint density at radius 2 is 0.444 bits per heavy atom. The first-order valence-electron chi connectivity index (χ1n) is 31.6. The first-order chi connectivity index (χ1) is 43.7. The molecule has 0 aliphatic heterocycles. The average Bonchev–Trinajstić information content (AvgIpc) is 1.53. The number of furan rings is 2. The van der Waals surface area contributed by atoms with Gasteiger partial charge in [-0.2, -0.15) is 0 Å². The van der Waals surface area contributed by atoms with Crippen molar-refractivity contribution in [2.75, 3.05) is 9.80 Å². The van der Waals surface area contributed by atoms with E-state index < -0.39 is 0 Å². The minimum atomic E-state index is -0.204. The van der Waals surface area contributed by atoms with Gasteiger partial charge in [0.2, 0.25) is 0 Å². The largest absolute Gasteiger partial charge is 0.452 e. The number of rotatable bonds is 14. The Balaban J connectivity index is 0.897. The molecule has 4 nitrogen and oxygen atoms in total. The molecular weight excluding hydrogens is 1090 g/mol. The maximum atomic E-state index is 7.33. The monoisotopic (exact) mass is 1160 g/mol. The van der Waals surface area contributed by atoms with Crippen LogP contribution in [0.2, 0.25) is 0 Å². The standard InChI is InChI=1S/C86H72N2O2/c1-83(2,57-25-13-9-14-26-57)61-37-45-65(46-38-61)87(66-47-39-62(40-48-66)84(3,4)58-27-15-10-16-28-58)75-55-77-79(71-35-23-21-33-69(71)75)73-53-54-74-80-72-36-24-22-34-70(72)76(56-78(80)90-82(74)81(73)89-77)88(67-49-41-63(42-50-67)85(5,6)59-29-17-11-18-30-59)68-51-43-64(44-52-68)86(7,8)60-31-19-12-20-32-60/h9-56H,1-8H3. The molecule has 0 unspecified atom stereocenters. The van der Waals surface area contributed by atoms with Crippen LogP contribution in [0.25, 0.3) is 65.4 Å². The summed E-state index contributed by atoms with van der Waals surface area (Å²) in [6.45, 7) is 18.5. The minimum Gasteiger partial charge on any atom is -0.452 e. The summed E-state index contributed by atoms with van der Waals surface area (Å²) in [6, 6.07) is 106. The van der Waals surface area contributed by atoms with Gasteiger partial charge in [0.05, 0.1) is 11.4 Å². The molecule has 15 rings (SSSR count). The first-order valence-corrected chi connectivity index (χ1v) is 31.6. The number of nitrogens with zero attached hydrogens (tertiary/aromatic N) is 2. The first kappa shape index (κ1) is 56.1. The molecule has 0 fully saturated rings. The van der Waals surface area contributed by atoms with Gasteiger partial charge in [-0.05, 0) is 116 Å². The number of anilines is 6. The summed E-state index contributed by atoms with van der Waals surface area (Å²) in [5.74, 6) is 0. The lowest BCUT2D eigenvalue weighted by atomic mass is 9.78. The van der Waals surface area contributed by atoms with Crippen molar-refractivity contribution in [2.45, 2.75) is 77.0 Å². The van der Waals surface area contributed by atoms with E-state index in [0.717, 1.165) is 99.5 Å². The van der Waals surface area contributed by atoms with Crippen LogP contribution in [0.5, 0.6) is 0 Å². The predicted molar refractivity (Wildman–Crippen MR) is 380 cm³/mol. The molecule has 0 aliphatic rings. The van der Waals surface area contributed by atoms with Crippen molar-refractivity contribution in [1.82, 2.24) is 0 Å². The average molecular weight is 1170 g/mol. The fourth-order valence-electron chi connectivity index (χ4n) is 14.2. The third kappa shape index (κ3) is 9.35. The van der Waals surface area contributed by atoms with Crippen molar-refractivity contribution >= 4 is 99.5 Å². The van der Waals surface area contributed by atoms with Gasteiger partial charge in [-0.1, -0.05) is 274 Å². The summed E-state index contributed by atoms with van der Waals surface area (Å²) < 4.78 is 14.7. The van der Waals surface area contributed by atoms with Crippen LogP contribution in [-0.2, 0) is 21.7 Å². The lowest BCUT2D eigenvalue weighted by Gasteiger charge is -2.31. The van der Waals surface area contributed by atoms with Gasteiger partial charge in [-0.25, -0.2) is 0 Å². The van der Waals surface area contributed by atoms with Crippen molar-refractivity contribution < 1.29 is 8.83 Å². The third-order valence-electron chi connectivity index (χ3n) is 19.9. The summed E-state index contributed by atoms with van der Waals surface area (Å²) >= 11 is 0. The Morgan fingerprint density at radius 3 is 0.700 bits per heavy atom. The van der Waals surface area contributed by atoms with Crippen LogP contribution in [0.4, 0.5) is 34.1 Å². The second-order valence-electron chi connectivity index (χ2n) is 26.5. The molecule has 0 spiro atoms. The number of fused-ring (bicyclic) bond motifs is 11. The molecule has 4 heteroatoms. The Labute approximate surface area is 527 Å². The lowest BCUT2D eigenvalue weighted by molar-refractivity contribution is 0.633. The van der Waals surface area contributed by atoms with Crippen LogP contribution < -0.4 is 9.80 Å². The summed E-state index contributed by atoms with van der Waals surface area (Å²) in [5.41, 5.74) is 18.5. The van der Waals surface area contributed by atoms with Crippen molar-refractivity contribution in [3.8, 4) is 0 Å². The molecule has 0 amide bonds. The number of benzene rings is 13. The molecule has 0 saturated heterocycles. The Hall–Kier alpha value is -10.4. The van der Waals surface area contributed by atoms with E-state index in [1.807, 2.05) is 0 Å². The highest BCUT2D eigenvalue weighted by atomic mass is 16.4. The fourth-order valence-corrected chi connectivity index (χ4v) is 14.2. The van der Waals surface area contributed by atoms with Gasteiger partial charge in [0, 0.05) is 88.9 Å². The summed E-state index contributed by atoms with van der Waals surface area (Å²) in [5, 5.41) is 8.57. The second kappa shape index (κ2) is 21.7. The van der Waals surface area contributed by atoms with E-state index in [-0.39, 0.29) is 21.7 Å². The van der Waals surface area contributed by atoms with E-state index in [2.05, 4.69) is 356 Å². The zero-order valence-electron chi connectivity index (χ0n) is 52.4. The van der Waals surface area contributed by atoms with Gasteiger partial charge in [0.15, 0.2) is 11.2 Å². The lowest BCUT2D eigenvalue weighted by Crippen LogP contribution is -2.19. The molecular formula is C86H72N2O2. The molecule has 13 aromatic carbocycles. The van der Waals surface area contributed by atoms with E-state index >= 15 is 0 Å². The van der Waals surface area contributed by atoms with Crippen LogP contribution >= 0.6 is 0 Å². The smallest absolute Gasteiger partial charge is 0.178 e. The Morgan fingerprint density at radius 1 is 0.222 bits per heavy atom. The molecule has 2 aromatic heterocycles. The zero-order chi connectivity index (χ0) is 61.5. The van der Waals surface area contributed by atoms with Crippen LogP contribution in [0.3, 0.4) is 0 Å². The van der Waals surface area contributed by atoms with E-state index in [9.17, 15) is 0 Å². The molecule has 90 heavy (non-hydrogen) atoms. The molecule has 0 saturated carbocycles. The molecule has 0 atom stereocenters. The molecule has 0 radical (unpaired) electrons. The summed E-state index contributed by atoms with van der Waals surface area (Å²) in [6.07, 6.45) is 0. The van der Waals surface area contributed by atoms with Gasteiger partial charge >= 0.3 is 0 Å². The van der Waals surface area contributed by atoms with Gasteiger partial charge in [-0.15, -0.1) is 0 Å². The van der Waals surface area contributed by atoms with Crippen LogP contribution in [0.15, 0.2) is 300 Å². The normalized spacial score (nSPS) is 12.4. The molecule has 0 bridgehead atoms. The van der Waals surface area contributed by atoms with Gasteiger partial charge in [0.25, 0.3) is 0 Å². The molecule has 2 heterocycles. The highest BCUT2D eigenvalue weighted by Gasteiger charge is 2.30. The Bertz CT molecular complexity index is 4600. The van der Waals surface area contributed by atoms with E-state index in [0.29, 0.717) is 0 Å². The maximum Gasteiger partial charge on any atom is 0.178 e. The summed E-state index contributed by atoms with van der Waals surface area (Å²) in [4.78, 5) is 4.80. The quantitative estimate of drug-likeness (QED) is 0.109. The van der Waals surface area contributed by atoms with E-state index in [1.54, 1.807) is 0 Å². The second-order valence-corrected chi connectivity index (χ2v) is 26.5. The van der Waals surface area contributed by atoms with Gasteiger partial charge in [-0.3, -0.25) is 0 Å².